The number of hydrogen-bond donors (Lipinski definition) is 0. The molecule has 1 aliphatic heterocycles. The first-order chi connectivity index (χ1) is 25.3. The summed E-state index contributed by atoms with van der Waals surface area (Å²) in [4.78, 5) is 0. The number of nitrogens with zero attached hydrogens (tertiary/aromatic N) is 2. The second-order valence-corrected chi connectivity index (χ2v) is 17.4. The lowest BCUT2D eigenvalue weighted by atomic mass is 10.1. The minimum Gasteiger partial charge on any atom is -0.307 e. The molecule has 0 N–H and O–H groups in total. The molecule has 3 heteroatoms. The van der Waals surface area contributed by atoms with Crippen molar-refractivity contribution in [3.63, 3.8) is 0 Å². The molecule has 51 heavy (non-hydrogen) atoms. The molecule has 0 atom stereocenters. The molecular formula is C48H32N2Si. The maximum Gasteiger partial charge on any atom is 0.180 e. The molecule has 2 aromatic heterocycles. The zero-order chi connectivity index (χ0) is 33.5. The maximum absolute atomic E-state index is 2.57. The van der Waals surface area contributed by atoms with Gasteiger partial charge in [-0.05, 0) is 68.3 Å². The smallest absolute Gasteiger partial charge is 0.180 e. The third kappa shape index (κ3) is 3.81. The normalized spacial score (nSPS) is 13.3. The summed E-state index contributed by atoms with van der Waals surface area (Å²) in [5.74, 6) is 0. The monoisotopic (exact) mass is 664 g/mol. The molecule has 0 saturated heterocycles. The molecule has 0 unspecified atom stereocenters. The highest BCUT2D eigenvalue weighted by molar-refractivity contribution is 7.22. The Hall–Kier alpha value is -6.42. The first-order valence-corrected chi connectivity index (χ1v) is 19.7. The van der Waals surface area contributed by atoms with Crippen LogP contribution in [0, 0.1) is 0 Å². The predicted molar refractivity (Wildman–Crippen MR) is 218 cm³/mol. The summed E-state index contributed by atoms with van der Waals surface area (Å²) in [7, 11) is -2.57. The fourth-order valence-electron chi connectivity index (χ4n) is 9.19. The number of aromatic nitrogens is 2. The van der Waals surface area contributed by atoms with Crippen LogP contribution in [0.3, 0.4) is 0 Å². The Kier molecular flexibility index (Phi) is 6.01. The van der Waals surface area contributed by atoms with Crippen molar-refractivity contribution in [2.24, 2.45) is 0 Å². The van der Waals surface area contributed by atoms with E-state index in [9.17, 15) is 0 Å². The highest BCUT2D eigenvalue weighted by atomic mass is 28.3. The Labute approximate surface area is 297 Å². The van der Waals surface area contributed by atoms with Crippen LogP contribution in [-0.2, 0) is 0 Å². The van der Waals surface area contributed by atoms with E-state index in [1.165, 1.54) is 81.2 Å². The summed E-state index contributed by atoms with van der Waals surface area (Å²) < 4.78 is 4.99. The van der Waals surface area contributed by atoms with Crippen LogP contribution in [0.1, 0.15) is 0 Å². The quantitative estimate of drug-likeness (QED) is 0.166. The van der Waals surface area contributed by atoms with Gasteiger partial charge >= 0.3 is 0 Å². The van der Waals surface area contributed by atoms with Crippen LogP contribution in [0.4, 0.5) is 0 Å². The molecule has 8 aromatic carbocycles. The van der Waals surface area contributed by atoms with Crippen LogP contribution in [0.15, 0.2) is 194 Å². The van der Waals surface area contributed by atoms with Crippen LogP contribution >= 0.6 is 0 Å². The maximum atomic E-state index is 2.53. The molecule has 1 aliphatic rings. The average molecular weight is 665 g/mol. The minimum absolute atomic E-state index is 1.16. The molecule has 11 rings (SSSR count). The SMILES string of the molecule is c1ccc(-n2c3ccccc3c3ccc4c5ccccc5n(-c5ccc6c(c5)-c5ccccc5[Si]6(c5ccccc5)c5ccccc5)c4c32)cc1. The van der Waals surface area contributed by atoms with E-state index in [1.807, 2.05) is 0 Å². The van der Waals surface area contributed by atoms with Crippen molar-refractivity contribution in [2.45, 2.75) is 0 Å². The lowest BCUT2D eigenvalue weighted by molar-refractivity contribution is 1.15. The molecule has 0 radical (unpaired) electrons. The molecule has 0 bridgehead atoms. The van der Waals surface area contributed by atoms with Crippen molar-refractivity contribution in [1.29, 1.82) is 0 Å². The summed E-state index contributed by atoms with van der Waals surface area (Å²) in [6.45, 7) is 0. The molecule has 0 aliphatic carbocycles. The molecule has 2 nitrogen and oxygen atoms in total. The van der Waals surface area contributed by atoms with Crippen LogP contribution in [0.25, 0.3) is 66.1 Å². The standard InChI is InChI=1S/C48H32N2Si/c1-4-16-33(17-5-1)49-43-25-13-10-22-37(43)40-29-30-41-38-23-11-14-26-44(38)50(48(41)47(40)49)34-28-31-46-42(32-34)39-24-12-15-27-45(39)51(46,35-18-6-2-7-19-35)36-20-8-3-9-21-36/h1-32H. The zero-order valence-corrected chi connectivity index (χ0v) is 28.9. The van der Waals surface area contributed by atoms with E-state index >= 15 is 0 Å². The Balaban J connectivity index is 1.28. The van der Waals surface area contributed by atoms with E-state index in [4.69, 9.17) is 0 Å². The van der Waals surface area contributed by atoms with Crippen molar-refractivity contribution < 1.29 is 0 Å². The van der Waals surface area contributed by atoms with Crippen molar-refractivity contribution in [2.75, 3.05) is 0 Å². The van der Waals surface area contributed by atoms with Crippen molar-refractivity contribution in [3.05, 3.63) is 194 Å². The highest BCUT2D eigenvalue weighted by Gasteiger charge is 2.48. The number of benzene rings is 8. The number of rotatable bonds is 4. The van der Waals surface area contributed by atoms with E-state index in [0.717, 1.165) is 5.69 Å². The Morgan fingerprint density at radius 3 is 1.39 bits per heavy atom. The molecule has 0 spiro atoms. The number of hydrogen-bond acceptors (Lipinski definition) is 0. The summed E-state index contributed by atoms with van der Waals surface area (Å²) >= 11 is 0. The lowest BCUT2D eigenvalue weighted by Gasteiger charge is -2.31. The van der Waals surface area contributed by atoms with E-state index in [2.05, 4.69) is 203 Å². The number of para-hydroxylation sites is 3. The second kappa shape index (κ2) is 10.8. The van der Waals surface area contributed by atoms with Crippen molar-refractivity contribution >= 4 is 72.4 Å². The Morgan fingerprint density at radius 1 is 0.314 bits per heavy atom. The molecule has 3 heterocycles. The zero-order valence-electron chi connectivity index (χ0n) is 27.9. The second-order valence-electron chi connectivity index (χ2n) is 13.7. The van der Waals surface area contributed by atoms with Gasteiger partial charge in [0.15, 0.2) is 8.07 Å². The van der Waals surface area contributed by atoms with Gasteiger partial charge in [0, 0.05) is 32.9 Å². The van der Waals surface area contributed by atoms with Gasteiger partial charge in [-0.25, -0.2) is 0 Å². The van der Waals surface area contributed by atoms with Gasteiger partial charge in [-0.3, -0.25) is 0 Å². The van der Waals surface area contributed by atoms with Crippen LogP contribution in [0.2, 0.25) is 0 Å². The highest BCUT2D eigenvalue weighted by Crippen LogP contribution is 2.42. The first-order valence-electron chi connectivity index (χ1n) is 17.7. The predicted octanol–water partition coefficient (Wildman–Crippen LogP) is 9.24. The van der Waals surface area contributed by atoms with Gasteiger partial charge in [-0.1, -0.05) is 158 Å². The molecule has 0 saturated carbocycles. The first kappa shape index (κ1) is 28.4. The van der Waals surface area contributed by atoms with Crippen LogP contribution in [-0.4, -0.2) is 17.2 Å². The van der Waals surface area contributed by atoms with Gasteiger partial charge in [0.05, 0.1) is 22.1 Å². The van der Waals surface area contributed by atoms with Gasteiger partial charge in [0.25, 0.3) is 0 Å². The molecule has 10 aromatic rings. The van der Waals surface area contributed by atoms with E-state index in [-0.39, 0.29) is 0 Å². The van der Waals surface area contributed by atoms with Gasteiger partial charge in [0.1, 0.15) is 0 Å². The summed E-state index contributed by atoms with van der Waals surface area (Å²) in [5, 5.41) is 10.8. The summed E-state index contributed by atoms with van der Waals surface area (Å²) in [6, 6.07) is 72.2. The van der Waals surface area contributed by atoms with Crippen molar-refractivity contribution in [1.82, 2.24) is 9.13 Å². The third-order valence-electron chi connectivity index (χ3n) is 11.2. The fraction of sp³-hybridized carbons (Fsp3) is 0. The van der Waals surface area contributed by atoms with Gasteiger partial charge < -0.3 is 9.13 Å². The van der Waals surface area contributed by atoms with Crippen LogP contribution in [0.5, 0.6) is 0 Å². The largest absolute Gasteiger partial charge is 0.307 e. The Bertz CT molecular complexity index is 2920. The van der Waals surface area contributed by atoms with Crippen molar-refractivity contribution in [3.8, 4) is 22.5 Å². The van der Waals surface area contributed by atoms with E-state index < -0.39 is 8.07 Å². The summed E-state index contributed by atoms with van der Waals surface area (Å²) in [5.41, 5.74) is 9.92. The van der Waals surface area contributed by atoms with E-state index in [0.29, 0.717) is 0 Å². The molecule has 0 fully saturated rings. The molecular weight excluding hydrogens is 633 g/mol. The average Bonchev–Trinajstić information content (AvgIpc) is 3.83. The van der Waals surface area contributed by atoms with E-state index in [1.54, 1.807) is 0 Å². The van der Waals surface area contributed by atoms with Gasteiger partial charge in [0.2, 0.25) is 0 Å². The van der Waals surface area contributed by atoms with Crippen LogP contribution < -0.4 is 20.7 Å². The number of fused-ring (bicyclic) bond motifs is 10. The minimum atomic E-state index is -2.57. The van der Waals surface area contributed by atoms with Gasteiger partial charge in [-0.2, -0.15) is 0 Å². The molecule has 0 amide bonds. The van der Waals surface area contributed by atoms with Gasteiger partial charge in [-0.15, -0.1) is 0 Å². The third-order valence-corrected chi connectivity index (χ3v) is 16.1. The fourth-order valence-corrected chi connectivity index (χ4v) is 14.4. The lowest BCUT2D eigenvalue weighted by Crippen LogP contribution is -2.72. The topological polar surface area (TPSA) is 9.86 Å². The molecule has 238 valence electrons. The Morgan fingerprint density at radius 2 is 0.784 bits per heavy atom. The summed E-state index contributed by atoms with van der Waals surface area (Å²) in [6.07, 6.45) is 0.